The molecule has 1 aliphatic heterocycles. The van der Waals surface area contributed by atoms with Crippen LogP contribution < -0.4 is 4.74 Å². The summed E-state index contributed by atoms with van der Waals surface area (Å²) in [7, 11) is 0. The molecule has 1 N–H and O–H groups in total. The number of ether oxygens (including phenoxy) is 1. The van der Waals surface area contributed by atoms with Gasteiger partial charge >= 0.3 is 0 Å². The zero-order valence-corrected chi connectivity index (χ0v) is 19.8. The van der Waals surface area contributed by atoms with Crippen LogP contribution in [0.2, 0.25) is 5.02 Å². The number of halogens is 1. The average Bonchev–Trinajstić information content (AvgIpc) is 3.03. The van der Waals surface area contributed by atoms with Gasteiger partial charge in [-0.05, 0) is 48.6 Å². The van der Waals surface area contributed by atoms with Crippen molar-refractivity contribution in [1.29, 1.82) is 0 Å². The second-order valence-corrected chi connectivity index (χ2v) is 8.65. The molecule has 1 aliphatic rings. The first-order valence-electron chi connectivity index (χ1n) is 11.1. The molecular formula is C26H30ClNO4. The number of unbranched alkanes of at least 4 members (excludes halogenated alkanes) is 1. The smallest absolute Gasteiger partial charge is 0.295 e. The van der Waals surface area contributed by atoms with Crippen molar-refractivity contribution in [2.24, 2.45) is 0 Å². The molecule has 2 aromatic carbocycles. The van der Waals surface area contributed by atoms with Crippen LogP contribution in [0.3, 0.4) is 0 Å². The van der Waals surface area contributed by atoms with Crippen LogP contribution >= 0.6 is 11.6 Å². The number of ketones is 1. The number of hydrogen-bond acceptors (Lipinski definition) is 4. The predicted molar refractivity (Wildman–Crippen MR) is 127 cm³/mol. The highest BCUT2D eigenvalue weighted by Crippen LogP contribution is 2.41. The number of benzene rings is 2. The first kappa shape index (κ1) is 23.9. The van der Waals surface area contributed by atoms with Crippen molar-refractivity contribution in [1.82, 2.24) is 4.90 Å². The van der Waals surface area contributed by atoms with Crippen molar-refractivity contribution in [3.63, 3.8) is 0 Å². The number of Topliss-reactive ketones (excluding diaryl/α,β-unsaturated/α-hetero) is 1. The van der Waals surface area contributed by atoms with Crippen molar-refractivity contribution in [3.05, 3.63) is 69.8 Å². The van der Waals surface area contributed by atoms with Crippen LogP contribution in [0.15, 0.2) is 48.0 Å². The lowest BCUT2D eigenvalue weighted by Crippen LogP contribution is -2.30. The van der Waals surface area contributed by atoms with Crippen LogP contribution in [-0.4, -0.2) is 34.8 Å². The number of aliphatic hydroxyl groups is 1. The van der Waals surface area contributed by atoms with Crippen molar-refractivity contribution in [2.45, 2.75) is 52.5 Å². The van der Waals surface area contributed by atoms with Gasteiger partial charge < -0.3 is 14.7 Å². The minimum atomic E-state index is -0.700. The molecule has 6 heteroatoms. The second-order valence-electron chi connectivity index (χ2n) is 8.24. The Morgan fingerprint density at radius 1 is 1.12 bits per heavy atom. The Labute approximate surface area is 194 Å². The topological polar surface area (TPSA) is 66.8 Å². The van der Waals surface area contributed by atoms with E-state index in [0.717, 1.165) is 24.0 Å². The van der Waals surface area contributed by atoms with Crippen LogP contribution in [0.4, 0.5) is 0 Å². The number of amides is 1. The fourth-order valence-electron chi connectivity index (χ4n) is 3.94. The van der Waals surface area contributed by atoms with Gasteiger partial charge in [-0.1, -0.05) is 63.1 Å². The first-order valence-corrected chi connectivity index (χ1v) is 11.5. The molecule has 0 bridgehead atoms. The zero-order valence-electron chi connectivity index (χ0n) is 19.0. The number of rotatable bonds is 8. The van der Waals surface area contributed by atoms with E-state index in [-0.39, 0.29) is 21.9 Å². The fraction of sp³-hybridized carbons (Fsp3) is 0.385. The molecule has 1 fully saturated rings. The number of hydrogen-bond donors (Lipinski definition) is 1. The predicted octanol–water partition coefficient (Wildman–Crippen LogP) is 6.08. The van der Waals surface area contributed by atoms with Crippen LogP contribution in [0.5, 0.6) is 5.75 Å². The van der Waals surface area contributed by atoms with Gasteiger partial charge in [0.05, 0.1) is 23.2 Å². The zero-order chi connectivity index (χ0) is 23.4. The third kappa shape index (κ3) is 4.68. The molecule has 0 aliphatic carbocycles. The maximum atomic E-state index is 13.1. The molecule has 1 saturated heterocycles. The maximum absolute atomic E-state index is 13.1. The standard InChI is InChI=1S/C26H30ClNO4/c1-5-7-14-28-23(18-10-8-17(9-11-18)16(3)4)22(25(30)26(28)31)24(29)20-15-19(32-6-2)12-13-21(20)27/h8-13,15-16,23,29H,5-7,14H2,1-4H3/b24-22+. The summed E-state index contributed by atoms with van der Waals surface area (Å²) in [6, 6.07) is 12.1. The molecule has 1 amide bonds. The van der Waals surface area contributed by atoms with Gasteiger partial charge in [-0.2, -0.15) is 0 Å². The first-order chi connectivity index (χ1) is 15.3. The van der Waals surface area contributed by atoms with Crippen molar-refractivity contribution in [2.75, 3.05) is 13.2 Å². The van der Waals surface area contributed by atoms with Gasteiger partial charge in [-0.3, -0.25) is 9.59 Å². The second kappa shape index (κ2) is 10.2. The Bertz CT molecular complexity index is 1030. The molecule has 5 nitrogen and oxygen atoms in total. The van der Waals surface area contributed by atoms with E-state index in [0.29, 0.717) is 24.8 Å². The summed E-state index contributed by atoms with van der Waals surface area (Å²) in [5.74, 6) is -0.705. The van der Waals surface area contributed by atoms with Gasteiger partial charge in [-0.25, -0.2) is 0 Å². The molecule has 2 aromatic rings. The Morgan fingerprint density at radius 2 is 1.81 bits per heavy atom. The largest absolute Gasteiger partial charge is 0.507 e. The quantitative estimate of drug-likeness (QED) is 0.297. The summed E-state index contributed by atoms with van der Waals surface area (Å²) in [6.45, 7) is 8.98. The van der Waals surface area contributed by atoms with Gasteiger partial charge in [-0.15, -0.1) is 0 Å². The monoisotopic (exact) mass is 455 g/mol. The molecule has 3 rings (SSSR count). The molecule has 1 heterocycles. The number of carbonyl (C=O) groups excluding carboxylic acids is 2. The summed E-state index contributed by atoms with van der Waals surface area (Å²) in [5, 5.41) is 11.5. The molecule has 170 valence electrons. The summed E-state index contributed by atoms with van der Waals surface area (Å²) in [5.41, 5.74) is 2.27. The highest BCUT2D eigenvalue weighted by atomic mass is 35.5. The molecular weight excluding hydrogens is 426 g/mol. The van der Waals surface area contributed by atoms with Crippen LogP contribution in [0.1, 0.15) is 69.2 Å². The molecule has 0 spiro atoms. The minimum absolute atomic E-state index is 0.0546. The summed E-state index contributed by atoms with van der Waals surface area (Å²) in [4.78, 5) is 27.6. The van der Waals surface area contributed by atoms with E-state index >= 15 is 0 Å². The average molecular weight is 456 g/mol. The lowest BCUT2D eigenvalue weighted by Gasteiger charge is -2.25. The molecule has 1 atom stereocenters. The summed E-state index contributed by atoms with van der Waals surface area (Å²) in [6.07, 6.45) is 1.64. The number of likely N-dealkylation sites (tertiary alicyclic amines) is 1. The molecule has 32 heavy (non-hydrogen) atoms. The summed E-state index contributed by atoms with van der Waals surface area (Å²) < 4.78 is 5.53. The van der Waals surface area contributed by atoms with E-state index in [1.165, 1.54) is 0 Å². The molecule has 0 aromatic heterocycles. The minimum Gasteiger partial charge on any atom is -0.507 e. The Balaban J connectivity index is 2.17. The van der Waals surface area contributed by atoms with E-state index in [1.807, 2.05) is 38.1 Å². The fourth-order valence-corrected chi connectivity index (χ4v) is 4.14. The lowest BCUT2D eigenvalue weighted by molar-refractivity contribution is -0.139. The van der Waals surface area contributed by atoms with Gasteiger partial charge in [0.15, 0.2) is 0 Å². The van der Waals surface area contributed by atoms with Crippen LogP contribution in [-0.2, 0) is 9.59 Å². The Kier molecular flexibility index (Phi) is 7.62. The number of aliphatic hydroxyl groups excluding tert-OH is 1. The van der Waals surface area contributed by atoms with Gasteiger partial charge in [0, 0.05) is 12.1 Å². The van der Waals surface area contributed by atoms with E-state index in [1.54, 1.807) is 23.1 Å². The van der Waals surface area contributed by atoms with Gasteiger partial charge in [0.2, 0.25) is 0 Å². The summed E-state index contributed by atoms with van der Waals surface area (Å²) >= 11 is 6.36. The van der Waals surface area contributed by atoms with E-state index in [9.17, 15) is 14.7 Å². The highest BCUT2D eigenvalue weighted by molar-refractivity contribution is 6.47. The molecule has 1 unspecified atom stereocenters. The van der Waals surface area contributed by atoms with Crippen molar-refractivity contribution >= 4 is 29.1 Å². The van der Waals surface area contributed by atoms with Gasteiger partial charge in [0.25, 0.3) is 11.7 Å². The molecule has 0 saturated carbocycles. The normalized spacial score (nSPS) is 17.9. The Morgan fingerprint density at radius 3 is 2.41 bits per heavy atom. The van der Waals surface area contributed by atoms with Crippen molar-refractivity contribution in [3.8, 4) is 5.75 Å². The third-order valence-corrected chi connectivity index (χ3v) is 6.04. The maximum Gasteiger partial charge on any atom is 0.295 e. The molecule has 0 radical (unpaired) electrons. The van der Waals surface area contributed by atoms with Crippen LogP contribution in [0.25, 0.3) is 5.76 Å². The SMILES string of the molecule is CCCCN1C(=O)C(=O)/C(=C(/O)c2cc(OCC)ccc2Cl)C1c1ccc(C(C)C)cc1. The third-order valence-electron chi connectivity index (χ3n) is 5.72. The van der Waals surface area contributed by atoms with Crippen molar-refractivity contribution < 1.29 is 19.4 Å². The van der Waals surface area contributed by atoms with Gasteiger partial charge in [0.1, 0.15) is 11.5 Å². The van der Waals surface area contributed by atoms with Crippen LogP contribution in [0, 0.1) is 0 Å². The van der Waals surface area contributed by atoms with E-state index in [4.69, 9.17) is 16.3 Å². The Hall–Kier alpha value is -2.79. The lowest BCUT2D eigenvalue weighted by atomic mass is 9.93. The van der Waals surface area contributed by atoms with E-state index in [2.05, 4.69) is 13.8 Å². The van der Waals surface area contributed by atoms with E-state index < -0.39 is 17.7 Å². The highest BCUT2D eigenvalue weighted by Gasteiger charge is 2.45. The number of nitrogens with zero attached hydrogens (tertiary/aromatic N) is 1. The number of carbonyl (C=O) groups is 2.